The van der Waals surface area contributed by atoms with Gasteiger partial charge in [-0.25, -0.2) is 10.4 Å². The second kappa shape index (κ2) is 6.93. The van der Waals surface area contributed by atoms with Crippen molar-refractivity contribution in [1.29, 1.82) is 0 Å². The van der Waals surface area contributed by atoms with E-state index < -0.39 is 23.2 Å². The van der Waals surface area contributed by atoms with Gasteiger partial charge in [0.05, 0.1) is 16.1 Å². The van der Waals surface area contributed by atoms with Crippen molar-refractivity contribution in [2.45, 2.75) is 33.9 Å². The highest BCUT2D eigenvalue weighted by atomic mass is 35.5. The molecule has 0 radical (unpaired) electrons. The van der Waals surface area contributed by atoms with Crippen molar-refractivity contribution in [2.24, 2.45) is 5.41 Å². The monoisotopic (exact) mass is 348 g/mol. The molecule has 0 bridgehead atoms. The Morgan fingerprint density at radius 2 is 1.83 bits per heavy atom. The summed E-state index contributed by atoms with van der Waals surface area (Å²) < 4.78 is 39.5. The van der Waals surface area contributed by atoms with Gasteiger partial charge in [-0.2, -0.15) is 13.2 Å². The van der Waals surface area contributed by atoms with Crippen LogP contribution in [0, 0.1) is 5.41 Å². The van der Waals surface area contributed by atoms with Gasteiger partial charge >= 0.3 is 6.18 Å². The Balaban J connectivity index is 3.41. The molecule has 0 fully saturated rings. The lowest BCUT2D eigenvalue weighted by atomic mass is 9.95. The highest BCUT2D eigenvalue weighted by Gasteiger charge is 2.37. The summed E-state index contributed by atoms with van der Waals surface area (Å²) in [7, 11) is 1.46. The van der Waals surface area contributed by atoms with E-state index in [1.54, 1.807) is 13.0 Å². The van der Waals surface area contributed by atoms with E-state index in [1.807, 2.05) is 20.8 Å². The highest BCUT2D eigenvalue weighted by Crippen LogP contribution is 2.36. The number of hydrogen-bond acceptors (Lipinski definition) is 2. The fourth-order valence-corrected chi connectivity index (χ4v) is 2.47. The fourth-order valence-electron chi connectivity index (χ4n) is 2.22. The third kappa shape index (κ3) is 4.97. The van der Waals surface area contributed by atoms with Crippen molar-refractivity contribution in [2.75, 3.05) is 7.05 Å². The molecule has 1 N–H and O–H groups in total. The summed E-state index contributed by atoms with van der Waals surface area (Å²) in [5, 5.41) is 0.815. The van der Waals surface area contributed by atoms with Crippen LogP contribution in [0.5, 0.6) is 0 Å². The molecule has 0 unspecified atom stereocenters. The molecule has 1 rings (SSSR count). The number of nitrogens with one attached hydrogen (secondary N) is 1. The minimum absolute atomic E-state index is 0.242. The molecular weight excluding hydrogens is 329 g/mol. The van der Waals surface area contributed by atoms with Gasteiger partial charge in [-0.05, 0) is 24.5 Å². The van der Waals surface area contributed by atoms with E-state index in [2.05, 4.69) is 5.43 Å². The molecule has 0 heterocycles. The molecule has 23 heavy (non-hydrogen) atoms. The van der Waals surface area contributed by atoms with Crippen molar-refractivity contribution in [1.82, 2.24) is 10.4 Å². The Hall–Kier alpha value is -1.53. The van der Waals surface area contributed by atoms with Crippen molar-refractivity contribution in [3.63, 3.8) is 0 Å². The minimum atomic E-state index is -4.67. The Morgan fingerprint density at radius 1 is 1.26 bits per heavy atom. The van der Waals surface area contributed by atoms with Crippen LogP contribution in [0.15, 0.2) is 30.0 Å². The van der Waals surface area contributed by atoms with E-state index in [4.69, 9.17) is 11.6 Å². The zero-order valence-corrected chi connectivity index (χ0v) is 14.4. The van der Waals surface area contributed by atoms with Crippen LogP contribution in [0.25, 0.3) is 0 Å². The molecule has 0 aliphatic heterocycles. The average Bonchev–Trinajstić information content (AvgIpc) is 2.35. The van der Waals surface area contributed by atoms with Crippen LogP contribution < -0.4 is 5.43 Å². The first-order valence-corrected chi connectivity index (χ1v) is 7.33. The van der Waals surface area contributed by atoms with E-state index in [1.165, 1.54) is 19.2 Å². The molecule has 128 valence electrons. The smallest absolute Gasteiger partial charge is 0.267 e. The molecule has 0 atom stereocenters. The van der Waals surface area contributed by atoms with Gasteiger partial charge < -0.3 is 0 Å². The Morgan fingerprint density at radius 3 is 2.26 bits per heavy atom. The van der Waals surface area contributed by atoms with Crippen LogP contribution in [-0.2, 0) is 6.18 Å². The SMILES string of the molecule is CNN(C(=O)c1c(Cl)cccc1C(F)(F)F)/C(C)=C/C(C)(C)C. The third-order valence-corrected chi connectivity index (χ3v) is 3.27. The molecule has 0 saturated carbocycles. The zero-order chi connectivity index (χ0) is 18.0. The molecule has 1 amide bonds. The maximum absolute atomic E-state index is 13.2. The molecule has 3 nitrogen and oxygen atoms in total. The minimum Gasteiger partial charge on any atom is -0.267 e. The van der Waals surface area contributed by atoms with E-state index in [9.17, 15) is 18.0 Å². The first-order chi connectivity index (χ1) is 10.4. The lowest BCUT2D eigenvalue weighted by Gasteiger charge is -2.26. The number of rotatable bonds is 3. The summed E-state index contributed by atoms with van der Waals surface area (Å²) in [6.45, 7) is 7.41. The topological polar surface area (TPSA) is 32.3 Å². The van der Waals surface area contributed by atoms with Crippen LogP contribution in [0.3, 0.4) is 0 Å². The predicted octanol–water partition coefficient (Wildman–Crippen LogP) is 4.89. The summed E-state index contributed by atoms with van der Waals surface area (Å²) in [5.74, 6) is -0.858. The first-order valence-electron chi connectivity index (χ1n) is 6.95. The number of hydrogen-bond donors (Lipinski definition) is 1. The summed E-state index contributed by atoms with van der Waals surface area (Å²) in [6, 6.07) is 3.28. The summed E-state index contributed by atoms with van der Waals surface area (Å²) in [6.07, 6.45) is -2.89. The summed E-state index contributed by atoms with van der Waals surface area (Å²) in [4.78, 5) is 12.6. The van der Waals surface area contributed by atoms with Crippen molar-refractivity contribution in [3.8, 4) is 0 Å². The van der Waals surface area contributed by atoms with Gasteiger partial charge in [0, 0.05) is 12.7 Å². The van der Waals surface area contributed by atoms with Gasteiger partial charge in [0.25, 0.3) is 5.91 Å². The lowest BCUT2D eigenvalue weighted by molar-refractivity contribution is -0.138. The molecule has 0 saturated heterocycles. The van der Waals surface area contributed by atoms with Gasteiger partial charge in [0.2, 0.25) is 0 Å². The van der Waals surface area contributed by atoms with Gasteiger partial charge in [0.15, 0.2) is 0 Å². The maximum Gasteiger partial charge on any atom is 0.417 e. The molecule has 0 aliphatic carbocycles. The first kappa shape index (κ1) is 19.5. The largest absolute Gasteiger partial charge is 0.417 e. The number of alkyl halides is 3. The molecular formula is C16H20ClF3N2O. The standard InChI is InChI=1S/C16H20ClF3N2O/c1-10(9-15(2,3)4)22(21-5)14(23)13-11(16(18,19)20)7-6-8-12(13)17/h6-9,21H,1-5H3/b10-9+. The summed E-state index contributed by atoms with van der Waals surface area (Å²) >= 11 is 5.87. The number of halogens is 4. The Labute approximate surface area is 139 Å². The van der Waals surface area contributed by atoms with E-state index in [0.717, 1.165) is 11.1 Å². The number of amides is 1. The van der Waals surface area contributed by atoms with Crippen LogP contribution in [0.1, 0.15) is 43.6 Å². The molecule has 1 aromatic rings. The van der Waals surface area contributed by atoms with E-state index in [-0.39, 0.29) is 10.4 Å². The second-order valence-electron chi connectivity index (χ2n) is 6.18. The maximum atomic E-state index is 13.2. The fraction of sp³-hybridized carbons (Fsp3) is 0.438. The molecule has 0 aliphatic rings. The summed E-state index contributed by atoms with van der Waals surface area (Å²) in [5.41, 5.74) is 1.23. The molecule has 7 heteroatoms. The van der Waals surface area contributed by atoms with Crippen LogP contribution in [0.2, 0.25) is 5.02 Å². The van der Waals surface area contributed by atoms with E-state index >= 15 is 0 Å². The van der Waals surface area contributed by atoms with Crippen molar-refractivity contribution >= 4 is 17.5 Å². The van der Waals surface area contributed by atoms with Crippen molar-refractivity contribution < 1.29 is 18.0 Å². The van der Waals surface area contributed by atoms with Gasteiger partial charge in [-0.1, -0.05) is 44.5 Å². The van der Waals surface area contributed by atoms with Gasteiger partial charge in [-0.3, -0.25) is 4.79 Å². The molecule has 1 aromatic carbocycles. The zero-order valence-electron chi connectivity index (χ0n) is 13.7. The van der Waals surface area contributed by atoms with Gasteiger partial charge in [-0.15, -0.1) is 0 Å². The predicted molar refractivity (Wildman–Crippen MR) is 84.9 cm³/mol. The molecule has 0 aromatic heterocycles. The number of nitrogens with zero attached hydrogens (tertiary/aromatic N) is 1. The Kier molecular flexibility index (Phi) is 5.88. The number of allylic oxidation sites excluding steroid dienone is 2. The average molecular weight is 349 g/mol. The van der Waals surface area contributed by atoms with E-state index in [0.29, 0.717) is 5.70 Å². The highest BCUT2D eigenvalue weighted by molar-refractivity contribution is 6.34. The van der Waals surface area contributed by atoms with Crippen LogP contribution in [0.4, 0.5) is 13.2 Å². The normalized spacial score (nSPS) is 13.2. The number of hydrazine groups is 1. The molecule has 0 spiro atoms. The second-order valence-corrected chi connectivity index (χ2v) is 6.58. The lowest BCUT2D eigenvalue weighted by Crippen LogP contribution is -2.40. The van der Waals surface area contributed by atoms with Crippen LogP contribution >= 0.6 is 11.6 Å². The number of carbonyl (C=O) groups is 1. The Bertz CT molecular complexity index is 619. The van der Waals surface area contributed by atoms with Gasteiger partial charge in [0.1, 0.15) is 0 Å². The van der Waals surface area contributed by atoms with Crippen molar-refractivity contribution in [3.05, 3.63) is 46.1 Å². The number of benzene rings is 1. The van der Waals surface area contributed by atoms with Crippen LogP contribution in [-0.4, -0.2) is 18.0 Å². The quantitative estimate of drug-likeness (QED) is 0.789. The third-order valence-electron chi connectivity index (χ3n) is 2.95. The number of carbonyl (C=O) groups excluding carboxylic acids is 1.